The Hall–Kier alpha value is -0.830. The van der Waals surface area contributed by atoms with E-state index < -0.39 is 0 Å². The molecule has 17 heavy (non-hydrogen) atoms. The van der Waals surface area contributed by atoms with E-state index in [4.69, 9.17) is 4.74 Å². The number of methoxy groups -OCH3 is 1. The van der Waals surface area contributed by atoms with Crippen LogP contribution in [0.5, 0.6) is 5.75 Å². The normalized spacial score (nSPS) is 23.8. The molecule has 0 aliphatic carbocycles. The average Bonchev–Trinajstić information content (AvgIpc) is 2.69. The van der Waals surface area contributed by atoms with E-state index in [0.717, 1.165) is 11.0 Å². The zero-order valence-electron chi connectivity index (χ0n) is 11.0. The molecule has 1 fully saturated rings. The molecular formula is C14H21NOS. The first-order valence-electron chi connectivity index (χ1n) is 6.14. The molecule has 1 saturated heterocycles. The fourth-order valence-electron chi connectivity index (χ4n) is 2.44. The molecule has 0 spiro atoms. The van der Waals surface area contributed by atoms with Crippen LogP contribution in [-0.4, -0.2) is 24.2 Å². The summed E-state index contributed by atoms with van der Waals surface area (Å²) in [6, 6.07) is 4.89. The topological polar surface area (TPSA) is 21.3 Å². The Morgan fingerprint density at radius 2 is 2.12 bits per heavy atom. The molecule has 2 nitrogen and oxygen atoms in total. The van der Waals surface area contributed by atoms with Gasteiger partial charge in [-0.2, -0.15) is 11.8 Å². The van der Waals surface area contributed by atoms with E-state index in [9.17, 15) is 0 Å². The van der Waals surface area contributed by atoms with Gasteiger partial charge in [-0.15, -0.1) is 0 Å². The quantitative estimate of drug-likeness (QED) is 0.886. The van der Waals surface area contributed by atoms with E-state index >= 15 is 0 Å². The second kappa shape index (κ2) is 5.21. The van der Waals surface area contributed by atoms with Crippen molar-refractivity contribution >= 4 is 17.4 Å². The maximum absolute atomic E-state index is 5.46. The second-order valence-electron chi connectivity index (χ2n) is 4.81. The maximum atomic E-state index is 5.46. The van der Waals surface area contributed by atoms with Crippen LogP contribution < -0.4 is 10.1 Å². The van der Waals surface area contributed by atoms with Gasteiger partial charge in [0.25, 0.3) is 0 Å². The van der Waals surface area contributed by atoms with Crippen LogP contribution in [0, 0.1) is 13.8 Å². The number of ether oxygens (including phenoxy) is 1. The Labute approximate surface area is 108 Å². The van der Waals surface area contributed by atoms with Gasteiger partial charge < -0.3 is 10.1 Å². The molecule has 1 N–H and O–H groups in total. The van der Waals surface area contributed by atoms with Gasteiger partial charge >= 0.3 is 0 Å². The molecule has 0 radical (unpaired) electrons. The predicted molar refractivity (Wildman–Crippen MR) is 76.4 cm³/mol. The molecule has 0 bridgehead atoms. The fraction of sp³-hybridized carbons (Fsp3) is 0.571. The maximum Gasteiger partial charge on any atom is 0.126 e. The number of aryl methyl sites for hydroxylation is 1. The highest BCUT2D eigenvalue weighted by Crippen LogP contribution is 2.33. The summed E-state index contributed by atoms with van der Waals surface area (Å²) in [6.45, 7) is 6.51. The number of hydrogen-bond donors (Lipinski definition) is 1. The molecule has 1 heterocycles. The highest BCUT2D eigenvalue weighted by Gasteiger charge is 2.22. The molecule has 1 aromatic rings. The Balaban J connectivity index is 2.16. The van der Waals surface area contributed by atoms with E-state index in [2.05, 4.69) is 38.2 Å². The van der Waals surface area contributed by atoms with Crippen LogP contribution in [0.25, 0.3) is 0 Å². The lowest BCUT2D eigenvalue weighted by Crippen LogP contribution is -2.19. The minimum atomic E-state index is 0.598. The molecule has 2 unspecified atom stereocenters. The summed E-state index contributed by atoms with van der Waals surface area (Å²) in [7, 11) is 1.74. The summed E-state index contributed by atoms with van der Waals surface area (Å²) >= 11 is 2.05. The summed E-state index contributed by atoms with van der Waals surface area (Å²) in [4.78, 5) is 0. The van der Waals surface area contributed by atoms with Crippen LogP contribution in [0.3, 0.4) is 0 Å². The molecule has 1 aliphatic heterocycles. The van der Waals surface area contributed by atoms with Crippen molar-refractivity contribution in [1.29, 1.82) is 0 Å². The van der Waals surface area contributed by atoms with Gasteiger partial charge in [0.2, 0.25) is 0 Å². The SMILES string of the molecule is COc1c(C)ccc(NC2CSC(C)C2)c1C. The van der Waals surface area contributed by atoms with Crippen molar-refractivity contribution in [1.82, 2.24) is 0 Å². The Kier molecular flexibility index (Phi) is 3.87. The molecule has 0 aromatic heterocycles. The van der Waals surface area contributed by atoms with Crippen molar-refractivity contribution < 1.29 is 4.74 Å². The van der Waals surface area contributed by atoms with E-state index in [1.165, 1.54) is 29.0 Å². The first-order chi connectivity index (χ1) is 8.11. The lowest BCUT2D eigenvalue weighted by atomic mass is 10.1. The highest BCUT2D eigenvalue weighted by atomic mass is 32.2. The number of anilines is 1. The van der Waals surface area contributed by atoms with Crippen molar-refractivity contribution in [3.63, 3.8) is 0 Å². The summed E-state index contributed by atoms with van der Waals surface area (Å²) in [6.07, 6.45) is 1.25. The second-order valence-corrected chi connectivity index (χ2v) is 6.28. The van der Waals surface area contributed by atoms with E-state index in [1.807, 2.05) is 11.8 Å². The van der Waals surface area contributed by atoms with Gasteiger partial charge in [0.15, 0.2) is 0 Å². The smallest absolute Gasteiger partial charge is 0.126 e. The highest BCUT2D eigenvalue weighted by molar-refractivity contribution is 8.00. The van der Waals surface area contributed by atoms with Gasteiger partial charge in [0.05, 0.1) is 7.11 Å². The number of thioether (sulfide) groups is 1. The van der Waals surface area contributed by atoms with Crippen molar-refractivity contribution in [3.05, 3.63) is 23.3 Å². The lowest BCUT2D eigenvalue weighted by Gasteiger charge is -2.18. The molecule has 1 aliphatic rings. The van der Waals surface area contributed by atoms with Gasteiger partial charge in [-0.3, -0.25) is 0 Å². The van der Waals surface area contributed by atoms with Crippen molar-refractivity contribution in [2.45, 2.75) is 38.5 Å². The monoisotopic (exact) mass is 251 g/mol. The summed E-state index contributed by atoms with van der Waals surface area (Å²) in [5.74, 6) is 2.21. The van der Waals surface area contributed by atoms with Crippen molar-refractivity contribution in [2.24, 2.45) is 0 Å². The third-order valence-electron chi connectivity index (χ3n) is 3.36. The van der Waals surface area contributed by atoms with Crippen molar-refractivity contribution in [3.8, 4) is 5.75 Å². The summed E-state index contributed by atoms with van der Waals surface area (Å²) in [5.41, 5.74) is 3.63. The molecule has 2 rings (SSSR count). The van der Waals surface area contributed by atoms with Crippen LogP contribution in [-0.2, 0) is 0 Å². The van der Waals surface area contributed by atoms with Crippen LogP contribution in [0.1, 0.15) is 24.5 Å². The molecular weight excluding hydrogens is 230 g/mol. The Morgan fingerprint density at radius 3 is 2.71 bits per heavy atom. The van der Waals surface area contributed by atoms with E-state index in [1.54, 1.807) is 7.11 Å². The third kappa shape index (κ3) is 2.71. The standard InChI is InChI=1S/C14H21NOS/c1-9-5-6-13(11(3)14(9)16-4)15-12-7-10(2)17-8-12/h5-6,10,12,15H,7-8H2,1-4H3. The number of hydrogen-bond acceptors (Lipinski definition) is 3. The first kappa shape index (κ1) is 12.6. The van der Waals surface area contributed by atoms with Gasteiger partial charge in [0.1, 0.15) is 5.75 Å². The first-order valence-corrected chi connectivity index (χ1v) is 7.19. The number of rotatable bonds is 3. The number of benzene rings is 1. The molecule has 0 amide bonds. The molecule has 2 atom stereocenters. The Morgan fingerprint density at radius 1 is 1.35 bits per heavy atom. The largest absolute Gasteiger partial charge is 0.496 e. The zero-order chi connectivity index (χ0) is 12.4. The minimum absolute atomic E-state index is 0.598. The van der Waals surface area contributed by atoms with Crippen LogP contribution in [0.4, 0.5) is 5.69 Å². The fourth-order valence-corrected chi connectivity index (χ4v) is 3.58. The Bertz CT molecular complexity index is 405. The summed E-state index contributed by atoms with van der Waals surface area (Å²) < 4.78 is 5.46. The molecule has 1 aromatic carbocycles. The van der Waals surface area contributed by atoms with Gasteiger partial charge in [-0.25, -0.2) is 0 Å². The van der Waals surface area contributed by atoms with Crippen LogP contribution in [0.2, 0.25) is 0 Å². The zero-order valence-corrected chi connectivity index (χ0v) is 11.9. The van der Waals surface area contributed by atoms with Gasteiger partial charge in [0, 0.05) is 28.3 Å². The third-order valence-corrected chi connectivity index (χ3v) is 4.72. The molecule has 94 valence electrons. The van der Waals surface area contributed by atoms with Gasteiger partial charge in [-0.1, -0.05) is 13.0 Å². The molecule has 0 saturated carbocycles. The van der Waals surface area contributed by atoms with Gasteiger partial charge in [-0.05, 0) is 31.9 Å². The minimum Gasteiger partial charge on any atom is -0.496 e. The van der Waals surface area contributed by atoms with Crippen molar-refractivity contribution in [2.75, 3.05) is 18.2 Å². The average molecular weight is 251 g/mol. The lowest BCUT2D eigenvalue weighted by molar-refractivity contribution is 0.409. The van der Waals surface area contributed by atoms with Crippen LogP contribution >= 0.6 is 11.8 Å². The molecule has 3 heteroatoms. The van der Waals surface area contributed by atoms with E-state index in [0.29, 0.717) is 6.04 Å². The predicted octanol–water partition coefficient (Wildman–Crippen LogP) is 3.62. The number of nitrogens with one attached hydrogen (secondary N) is 1. The van der Waals surface area contributed by atoms with Crippen LogP contribution in [0.15, 0.2) is 12.1 Å². The summed E-state index contributed by atoms with van der Waals surface area (Å²) in [5, 5.41) is 4.42. The van der Waals surface area contributed by atoms with E-state index in [-0.39, 0.29) is 0 Å².